The number of hydrogen-bond donors (Lipinski definition) is 1. The molecule has 4 heteroatoms. The summed E-state index contributed by atoms with van der Waals surface area (Å²) in [7, 11) is 1.67. The molecular formula is C16H23NO3. The number of benzene rings is 1. The number of fused-ring (bicyclic) bond motifs is 1. The lowest BCUT2D eigenvalue weighted by molar-refractivity contribution is 0.165. The lowest BCUT2D eigenvalue weighted by Gasteiger charge is -2.21. The second-order valence-corrected chi connectivity index (χ2v) is 5.59. The molecule has 0 amide bonds. The third-order valence-electron chi connectivity index (χ3n) is 4.04. The molecule has 1 aliphatic carbocycles. The van der Waals surface area contributed by atoms with E-state index in [1.165, 1.54) is 24.8 Å². The summed E-state index contributed by atoms with van der Waals surface area (Å²) in [5, 5.41) is 3.61. The Morgan fingerprint density at radius 3 is 2.95 bits per heavy atom. The van der Waals surface area contributed by atoms with Gasteiger partial charge in [-0.15, -0.1) is 0 Å². The zero-order valence-corrected chi connectivity index (χ0v) is 12.3. The van der Waals surface area contributed by atoms with Crippen molar-refractivity contribution in [2.45, 2.75) is 38.8 Å². The van der Waals surface area contributed by atoms with E-state index >= 15 is 0 Å². The Bertz CT molecular complexity index is 458. The van der Waals surface area contributed by atoms with Crippen molar-refractivity contribution >= 4 is 0 Å². The molecule has 0 radical (unpaired) electrons. The normalized spacial score (nSPS) is 23.5. The van der Waals surface area contributed by atoms with Crippen molar-refractivity contribution in [3.8, 4) is 17.2 Å². The predicted molar refractivity (Wildman–Crippen MR) is 77.6 cm³/mol. The second kappa shape index (κ2) is 5.92. The van der Waals surface area contributed by atoms with E-state index in [-0.39, 0.29) is 0 Å². The van der Waals surface area contributed by atoms with Crippen molar-refractivity contribution in [1.82, 2.24) is 5.32 Å². The fourth-order valence-corrected chi connectivity index (χ4v) is 2.87. The average Bonchev–Trinajstić information content (AvgIpc) is 3.23. The summed E-state index contributed by atoms with van der Waals surface area (Å²) in [5.41, 5.74) is 1.19. The molecule has 0 saturated heterocycles. The minimum absolute atomic E-state index is 0.585. The lowest BCUT2D eigenvalue weighted by atomic mass is 10.1. The Kier molecular flexibility index (Phi) is 4.01. The smallest absolute Gasteiger partial charge is 0.203 e. The van der Waals surface area contributed by atoms with E-state index in [9.17, 15) is 0 Å². The number of rotatable bonds is 6. The van der Waals surface area contributed by atoms with Crippen molar-refractivity contribution in [2.75, 3.05) is 20.3 Å². The summed E-state index contributed by atoms with van der Waals surface area (Å²) < 4.78 is 16.7. The van der Waals surface area contributed by atoms with Crippen LogP contribution in [0.1, 0.15) is 31.7 Å². The second-order valence-electron chi connectivity index (χ2n) is 5.59. The van der Waals surface area contributed by atoms with E-state index in [1.54, 1.807) is 7.11 Å². The van der Waals surface area contributed by atoms with Gasteiger partial charge in [-0.1, -0.05) is 13.3 Å². The van der Waals surface area contributed by atoms with Crippen molar-refractivity contribution in [3.63, 3.8) is 0 Å². The van der Waals surface area contributed by atoms with E-state index < -0.39 is 0 Å². The van der Waals surface area contributed by atoms with Crippen molar-refractivity contribution in [1.29, 1.82) is 0 Å². The first-order valence-corrected chi connectivity index (χ1v) is 7.51. The van der Waals surface area contributed by atoms with Gasteiger partial charge in [0.05, 0.1) is 7.11 Å². The van der Waals surface area contributed by atoms with Gasteiger partial charge >= 0.3 is 0 Å². The zero-order chi connectivity index (χ0) is 13.9. The first kappa shape index (κ1) is 13.6. The largest absolute Gasteiger partial charge is 0.493 e. The number of nitrogens with one attached hydrogen (secondary N) is 1. The van der Waals surface area contributed by atoms with Crippen LogP contribution in [-0.4, -0.2) is 26.4 Å². The Morgan fingerprint density at radius 2 is 2.15 bits per heavy atom. The van der Waals surface area contributed by atoms with E-state index in [2.05, 4.69) is 18.3 Å². The minimum atomic E-state index is 0.585. The molecule has 2 aliphatic rings. The summed E-state index contributed by atoms with van der Waals surface area (Å²) in [6.45, 7) is 4.30. The van der Waals surface area contributed by atoms with Crippen LogP contribution in [0.3, 0.4) is 0 Å². The summed E-state index contributed by atoms with van der Waals surface area (Å²) in [6.07, 6.45) is 3.93. The lowest BCUT2D eigenvalue weighted by Crippen LogP contribution is -2.19. The van der Waals surface area contributed by atoms with E-state index in [0.29, 0.717) is 19.3 Å². The van der Waals surface area contributed by atoms with Gasteiger partial charge in [-0.3, -0.25) is 0 Å². The molecule has 20 heavy (non-hydrogen) atoms. The maximum atomic E-state index is 5.66. The molecule has 1 N–H and O–H groups in total. The van der Waals surface area contributed by atoms with Crippen LogP contribution in [0.25, 0.3) is 0 Å². The standard InChI is InChI=1S/C16H23NO3/c1-3-4-12-9-13(12)17-10-11-7-14(18-2)16-15(8-11)19-5-6-20-16/h7-8,12-13,17H,3-6,9-10H2,1-2H3. The molecule has 0 spiro atoms. The Hall–Kier alpha value is -1.42. The third kappa shape index (κ3) is 2.85. The van der Waals surface area contributed by atoms with Crippen molar-refractivity contribution < 1.29 is 14.2 Å². The highest BCUT2D eigenvalue weighted by Crippen LogP contribution is 2.41. The molecular weight excluding hydrogens is 254 g/mol. The summed E-state index contributed by atoms with van der Waals surface area (Å²) in [5.74, 6) is 3.17. The molecule has 1 heterocycles. The van der Waals surface area contributed by atoms with Crippen LogP contribution in [0.15, 0.2) is 12.1 Å². The number of ether oxygens (including phenoxy) is 3. The number of methoxy groups -OCH3 is 1. The Morgan fingerprint density at radius 1 is 1.30 bits per heavy atom. The topological polar surface area (TPSA) is 39.7 Å². The van der Waals surface area contributed by atoms with Crippen LogP contribution >= 0.6 is 0 Å². The van der Waals surface area contributed by atoms with Crippen LogP contribution in [0.4, 0.5) is 0 Å². The highest BCUT2D eigenvalue weighted by atomic mass is 16.6. The van der Waals surface area contributed by atoms with Gasteiger partial charge in [-0.05, 0) is 36.5 Å². The Balaban J connectivity index is 1.65. The fraction of sp³-hybridized carbons (Fsp3) is 0.625. The zero-order valence-electron chi connectivity index (χ0n) is 12.3. The van der Waals surface area contributed by atoms with Crippen LogP contribution in [0, 0.1) is 5.92 Å². The molecule has 0 aromatic heterocycles. The maximum Gasteiger partial charge on any atom is 0.203 e. The first-order valence-electron chi connectivity index (χ1n) is 7.51. The molecule has 1 aliphatic heterocycles. The van der Waals surface area contributed by atoms with Gasteiger partial charge in [-0.2, -0.15) is 0 Å². The van der Waals surface area contributed by atoms with E-state index in [1.807, 2.05) is 6.07 Å². The average molecular weight is 277 g/mol. The molecule has 2 atom stereocenters. The van der Waals surface area contributed by atoms with Gasteiger partial charge in [0.15, 0.2) is 11.5 Å². The molecule has 1 fully saturated rings. The van der Waals surface area contributed by atoms with Gasteiger partial charge in [0.1, 0.15) is 13.2 Å². The molecule has 4 nitrogen and oxygen atoms in total. The van der Waals surface area contributed by atoms with Gasteiger partial charge < -0.3 is 19.5 Å². The van der Waals surface area contributed by atoms with Crippen LogP contribution < -0.4 is 19.5 Å². The monoisotopic (exact) mass is 277 g/mol. The summed E-state index contributed by atoms with van der Waals surface area (Å²) >= 11 is 0. The minimum Gasteiger partial charge on any atom is -0.493 e. The summed E-state index contributed by atoms with van der Waals surface area (Å²) in [6, 6.07) is 4.79. The first-order chi connectivity index (χ1) is 9.81. The highest BCUT2D eigenvalue weighted by molar-refractivity contribution is 5.54. The van der Waals surface area contributed by atoms with Crippen molar-refractivity contribution in [3.05, 3.63) is 17.7 Å². The molecule has 110 valence electrons. The van der Waals surface area contributed by atoms with E-state index in [0.717, 1.165) is 29.7 Å². The predicted octanol–water partition coefficient (Wildman–Crippen LogP) is 2.74. The van der Waals surface area contributed by atoms with Crippen molar-refractivity contribution in [2.24, 2.45) is 5.92 Å². The van der Waals surface area contributed by atoms with Gasteiger partial charge in [0.2, 0.25) is 5.75 Å². The molecule has 0 bridgehead atoms. The molecule has 1 saturated carbocycles. The van der Waals surface area contributed by atoms with Crippen LogP contribution in [0.5, 0.6) is 17.2 Å². The summed E-state index contributed by atoms with van der Waals surface area (Å²) in [4.78, 5) is 0. The molecule has 3 rings (SSSR count). The third-order valence-corrected chi connectivity index (χ3v) is 4.04. The molecule has 1 aromatic carbocycles. The van der Waals surface area contributed by atoms with Gasteiger partial charge in [0.25, 0.3) is 0 Å². The SMILES string of the molecule is CCCC1CC1NCc1cc(OC)c2c(c1)OCCO2. The van der Waals surface area contributed by atoms with Gasteiger partial charge in [0, 0.05) is 12.6 Å². The van der Waals surface area contributed by atoms with E-state index in [4.69, 9.17) is 14.2 Å². The number of hydrogen-bond acceptors (Lipinski definition) is 4. The molecule has 1 aromatic rings. The van der Waals surface area contributed by atoms with Crippen LogP contribution in [0.2, 0.25) is 0 Å². The van der Waals surface area contributed by atoms with Gasteiger partial charge in [-0.25, -0.2) is 0 Å². The van der Waals surface area contributed by atoms with Crippen LogP contribution in [-0.2, 0) is 6.54 Å². The quantitative estimate of drug-likeness (QED) is 0.868. The Labute approximate surface area is 120 Å². The fourth-order valence-electron chi connectivity index (χ4n) is 2.87. The molecule has 2 unspecified atom stereocenters. The maximum absolute atomic E-state index is 5.66. The highest BCUT2D eigenvalue weighted by Gasteiger charge is 2.35.